The first-order chi connectivity index (χ1) is 14.7. The average Bonchev–Trinajstić information content (AvgIpc) is 3.26. The molecule has 0 fully saturated rings. The minimum atomic E-state index is -2.39. The van der Waals surface area contributed by atoms with E-state index >= 15 is 0 Å². The number of hydrogen-bond donors (Lipinski definition) is 1. The summed E-state index contributed by atoms with van der Waals surface area (Å²) in [5.41, 5.74) is 6.94. The van der Waals surface area contributed by atoms with Crippen molar-refractivity contribution in [3.8, 4) is 16.8 Å². The molecule has 0 amide bonds. The minimum Gasteiger partial charge on any atom is -0.371 e. The van der Waals surface area contributed by atoms with Crippen LogP contribution in [0, 0.1) is 20.8 Å². The van der Waals surface area contributed by atoms with Crippen molar-refractivity contribution < 1.29 is 8.78 Å². The Hall–Kier alpha value is -3.22. The lowest BCUT2D eigenvalue weighted by atomic mass is 9.89. The van der Waals surface area contributed by atoms with Crippen LogP contribution in [0.25, 0.3) is 27.7 Å². The van der Waals surface area contributed by atoms with Gasteiger partial charge in [-0.25, -0.2) is 8.78 Å². The summed E-state index contributed by atoms with van der Waals surface area (Å²) in [4.78, 5) is 0. The Labute approximate surface area is 179 Å². The van der Waals surface area contributed by atoms with Crippen LogP contribution in [0.5, 0.6) is 0 Å². The number of alkyl halides is 2. The molecule has 2 aromatic carbocycles. The van der Waals surface area contributed by atoms with Crippen LogP contribution >= 0.6 is 0 Å². The summed E-state index contributed by atoms with van der Waals surface area (Å²) in [6, 6.07) is 10.0. The van der Waals surface area contributed by atoms with Gasteiger partial charge in [0.05, 0.1) is 23.5 Å². The van der Waals surface area contributed by atoms with E-state index < -0.39 is 6.43 Å². The maximum Gasteiger partial charge on any atom is 0.256 e. The van der Waals surface area contributed by atoms with E-state index in [-0.39, 0.29) is 12.1 Å². The molecular weight excluding hydrogens is 396 g/mol. The number of aryl methyl sites for hydroxylation is 2. The Morgan fingerprint density at radius 3 is 2.61 bits per heavy atom. The lowest BCUT2D eigenvalue weighted by Gasteiger charge is -2.35. The molecule has 0 radical (unpaired) electrons. The lowest BCUT2D eigenvalue weighted by Crippen LogP contribution is -2.36. The van der Waals surface area contributed by atoms with Crippen molar-refractivity contribution in [3.05, 3.63) is 59.3 Å². The molecule has 0 bridgehead atoms. The SMILES string of the molecule is Cc1cc2c(c(C)c1-c1cccc3c1ccn3CC(F)F)-n1c(C)nnc1C(C)(C)N2. The molecule has 0 aliphatic carbocycles. The number of rotatable bonds is 3. The Morgan fingerprint density at radius 1 is 1.10 bits per heavy atom. The predicted molar refractivity (Wildman–Crippen MR) is 119 cm³/mol. The fourth-order valence-electron chi connectivity index (χ4n) is 4.95. The monoisotopic (exact) mass is 421 g/mol. The topological polar surface area (TPSA) is 47.7 Å². The van der Waals surface area contributed by atoms with Gasteiger partial charge in [-0.2, -0.15) is 0 Å². The molecule has 0 atom stereocenters. The Morgan fingerprint density at radius 2 is 1.87 bits per heavy atom. The molecule has 1 aliphatic rings. The zero-order valence-electron chi connectivity index (χ0n) is 18.3. The number of hydrogen-bond acceptors (Lipinski definition) is 3. The number of halogens is 2. The van der Waals surface area contributed by atoms with E-state index in [2.05, 4.69) is 59.9 Å². The normalized spacial score (nSPS) is 14.6. The highest BCUT2D eigenvalue weighted by molar-refractivity contribution is 5.98. The van der Waals surface area contributed by atoms with E-state index in [9.17, 15) is 8.78 Å². The second-order valence-corrected chi connectivity index (χ2v) is 8.84. The van der Waals surface area contributed by atoms with Crippen molar-refractivity contribution in [2.45, 2.75) is 53.1 Å². The van der Waals surface area contributed by atoms with Crippen molar-refractivity contribution in [2.24, 2.45) is 0 Å². The third-order valence-electron chi connectivity index (χ3n) is 6.21. The number of fused-ring (bicyclic) bond motifs is 4. The van der Waals surface area contributed by atoms with Crippen LogP contribution in [0.3, 0.4) is 0 Å². The van der Waals surface area contributed by atoms with Crippen LogP contribution in [0.4, 0.5) is 14.5 Å². The summed E-state index contributed by atoms with van der Waals surface area (Å²) >= 11 is 0. The summed E-state index contributed by atoms with van der Waals surface area (Å²) in [5.74, 6) is 1.71. The second kappa shape index (κ2) is 6.64. The molecule has 3 heterocycles. The summed E-state index contributed by atoms with van der Waals surface area (Å²) in [5, 5.41) is 13.4. The van der Waals surface area contributed by atoms with Gasteiger partial charge in [-0.15, -0.1) is 10.2 Å². The van der Waals surface area contributed by atoms with Gasteiger partial charge in [-0.1, -0.05) is 12.1 Å². The number of nitrogens with one attached hydrogen (secondary N) is 1. The average molecular weight is 421 g/mol. The molecule has 160 valence electrons. The van der Waals surface area contributed by atoms with Crippen molar-refractivity contribution in [2.75, 3.05) is 5.32 Å². The van der Waals surface area contributed by atoms with Gasteiger partial charge >= 0.3 is 0 Å². The Kier molecular flexibility index (Phi) is 4.22. The summed E-state index contributed by atoms with van der Waals surface area (Å²) in [6.07, 6.45) is -0.647. The van der Waals surface area contributed by atoms with Crippen molar-refractivity contribution in [3.63, 3.8) is 0 Å². The zero-order valence-corrected chi connectivity index (χ0v) is 18.3. The van der Waals surface area contributed by atoms with Crippen molar-refractivity contribution in [1.82, 2.24) is 19.3 Å². The van der Waals surface area contributed by atoms with Crippen LogP contribution in [-0.4, -0.2) is 25.8 Å². The van der Waals surface area contributed by atoms with Gasteiger partial charge in [-0.3, -0.25) is 4.57 Å². The molecule has 1 aliphatic heterocycles. The molecule has 1 N–H and O–H groups in total. The zero-order chi connectivity index (χ0) is 22.1. The number of anilines is 1. The number of benzene rings is 2. The largest absolute Gasteiger partial charge is 0.371 e. The van der Waals surface area contributed by atoms with E-state index in [1.54, 1.807) is 10.8 Å². The molecule has 4 aromatic rings. The van der Waals surface area contributed by atoms with Crippen LogP contribution in [-0.2, 0) is 12.1 Å². The molecule has 5 rings (SSSR count). The third kappa shape index (κ3) is 2.86. The van der Waals surface area contributed by atoms with E-state index in [1.165, 1.54) is 0 Å². The van der Waals surface area contributed by atoms with Crippen molar-refractivity contribution in [1.29, 1.82) is 0 Å². The molecule has 7 heteroatoms. The molecular formula is C24H25F2N5. The van der Waals surface area contributed by atoms with Gasteiger partial charge in [0.1, 0.15) is 5.82 Å². The highest BCUT2D eigenvalue weighted by Crippen LogP contribution is 2.44. The highest BCUT2D eigenvalue weighted by atomic mass is 19.3. The van der Waals surface area contributed by atoms with Crippen molar-refractivity contribution >= 4 is 16.6 Å². The maximum absolute atomic E-state index is 13.0. The van der Waals surface area contributed by atoms with Crippen LogP contribution in [0.15, 0.2) is 36.5 Å². The maximum atomic E-state index is 13.0. The molecule has 2 aromatic heterocycles. The fourth-order valence-corrected chi connectivity index (χ4v) is 4.95. The Balaban J connectivity index is 1.78. The number of nitrogens with zero attached hydrogens (tertiary/aromatic N) is 4. The molecule has 0 spiro atoms. The third-order valence-corrected chi connectivity index (χ3v) is 6.21. The Bertz CT molecular complexity index is 1330. The molecule has 5 nitrogen and oxygen atoms in total. The first-order valence-corrected chi connectivity index (χ1v) is 10.4. The van der Waals surface area contributed by atoms with Gasteiger partial charge in [0.15, 0.2) is 5.82 Å². The molecule has 0 saturated carbocycles. The van der Waals surface area contributed by atoms with Gasteiger partial charge in [0.25, 0.3) is 6.43 Å². The van der Waals surface area contributed by atoms with Crippen LogP contribution in [0.2, 0.25) is 0 Å². The molecule has 0 saturated heterocycles. The van der Waals surface area contributed by atoms with E-state index in [0.29, 0.717) is 0 Å². The number of aromatic nitrogens is 4. The quantitative estimate of drug-likeness (QED) is 0.459. The van der Waals surface area contributed by atoms with E-state index in [1.807, 2.05) is 25.1 Å². The van der Waals surface area contributed by atoms with E-state index in [4.69, 9.17) is 0 Å². The van der Waals surface area contributed by atoms with Gasteiger partial charge in [0, 0.05) is 17.1 Å². The minimum absolute atomic E-state index is 0.308. The first kappa shape index (κ1) is 19.7. The lowest BCUT2D eigenvalue weighted by molar-refractivity contribution is 0.128. The second-order valence-electron chi connectivity index (χ2n) is 8.84. The van der Waals surface area contributed by atoms with Gasteiger partial charge in [-0.05, 0) is 75.1 Å². The fraction of sp³-hybridized carbons (Fsp3) is 0.333. The molecule has 31 heavy (non-hydrogen) atoms. The van der Waals surface area contributed by atoms with Crippen LogP contribution in [0.1, 0.15) is 36.6 Å². The molecule has 0 unspecified atom stereocenters. The summed E-state index contributed by atoms with van der Waals surface area (Å²) in [6.45, 7) is 10.1. The van der Waals surface area contributed by atoms with E-state index in [0.717, 1.165) is 56.2 Å². The summed E-state index contributed by atoms with van der Waals surface area (Å²) < 4.78 is 29.8. The smallest absolute Gasteiger partial charge is 0.256 e. The predicted octanol–water partition coefficient (Wildman–Crippen LogP) is 5.74. The standard InChI is InChI=1S/C24H25F2N5/c1-13-11-18-22(31-15(3)28-29-23(31)24(4,5)27-18)14(2)21(13)17-7-6-8-19-16(17)9-10-30(19)12-20(25)26/h6-11,20,27H,12H2,1-5H3. The van der Waals surface area contributed by atoms with Crippen LogP contribution < -0.4 is 5.32 Å². The first-order valence-electron chi connectivity index (χ1n) is 10.4. The van der Waals surface area contributed by atoms with Gasteiger partial charge in [0.2, 0.25) is 0 Å². The summed E-state index contributed by atoms with van der Waals surface area (Å²) in [7, 11) is 0. The van der Waals surface area contributed by atoms with Gasteiger partial charge < -0.3 is 9.88 Å². The highest BCUT2D eigenvalue weighted by Gasteiger charge is 2.35.